The molecule has 1 N–H and O–H groups in total. The highest BCUT2D eigenvalue weighted by Gasteiger charge is 2.27. The highest BCUT2D eigenvalue weighted by atomic mass is 32.2. The van der Waals surface area contributed by atoms with Gasteiger partial charge in [-0.1, -0.05) is 17.7 Å². The third kappa shape index (κ3) is 4.90. The van der Waals surface area contributed by atoms with E-state index in [9.17, 15) is 18.0 Å². The molecule has 0 spiro atoms. The summed E-state index contributed by atoms with van der Waals surface area (Å²) in [6.07, 6.45) is 1.65. The lowest BCUT2D eigenvalue weighted by atomic mass is 10.1. The van der Waals surface area contributed by atoms with Crippen LogP contribution in [0.25, 0.3) is 5.69 Å². The number of esters is 1. The molecule has 10 heteroatoms. The van der Waals surface area contributed by atoms with E-state index in [0.717, 1.165) is 28.8 Å². The predicted molar refractivity (Wildman–Crippen MR) is 124 cm³/mol. The van der Waals surface area contributed by atoms with Crippen molar-refractivity contribution in [1.82, 2.24) is 9.78 Å². The van der Waals surface area contributed by atoms with Crippen molar-refractivity contribution in [3.05, 3.63) is 70.9 Å². The molecule has 33 heavy (non-hydrogen) atoms. The first-order valence-electron chi connectivity index (χ1n) is 10.3. The third-order valence-electron chi connectivity index (χ3n) is 5.28. The number of hydrogen-bond acceptors (Lipinski definition) is 6. The predicted octanol–water partition coefficient (Wildman–Crippen LogP) is 2.61. The van der Waals surface area contributed by atoms with Crippen molar-refractivity contribution >= 4 is 33.4 Å². The van der Waals surface area contributed by atoms with Crippen molar-refractivity contribution in [2.45, 2.75) is 20.3 Å². The first kappa shape index (κ1) is 22.5. The molecule has 9 nitrogen and oxygen atoms in total. The number of carbonyl (C=O) groups is 2. The van der Waals surface area contributed by atoms with Crippen LogP contribution in [0.5, 0.6) is 0 Å². The van der Waals surface area contributed by atoms with Crippen LogP contribution >= 0.6 is 0 Å². The summed E-state index contributed by atoms with van der Waals surface area (Å²) >= 11 is 0. The van der Waals surface area contributed by atoms with Crippen LogP contribution in [0.3, 0.4) is 0 Å². The lowest BCUT2D eigenvalue weighted by molar-refractivity contribution is -0.119. The number of ether oxygens (including phenoxy) is 1. The standard InChI is InChI=1S/C23H24N4O5S/c1-15-4-7-19(8-5-15)27-21(12-16(2)25-27)24-22(28)14-32-23(29)18-6-9-20-17(13-18)10-11-26(20)33(3,30)31/h4-9,12-13H,10-11,14H2,1-3H3,(H,24,28). The number of rotatable bonds is 6. The van der Waals surface area contributed by atoms with Crippen molar-refractivity contribution in [1.29, 1.82) is 0 Å². The van der Waals surface area contributed by atoms with E-state index in [0.29, 0.717) is 24.5 Å². The van der Waals surface area contributed by atoms with Crippen molar-refractivity contribution in [2.24, 2.45) is 0 Å². The molecule has 4 rings (SSSR count). The van der Waals surface area contributed by atoms with Crippen molar-refractivity contribution < 1.29 is 22.7 Å². The Kier molecular flexibility index (Phi) is 5.94. The number of nitrogens with one attached hydrogen (secondary N) is 1. The van der Waals surface area contributed by atoms with Crippen LogP contribution in [0, 0.1) is 13.8 Å². The van der Waals surface area contributed by atoms with Gasteiger partial charge >= 0.3 is 5.97 Å². The number of sulfonamides is 1. The van der Waals surface area contributed by atoms with Crippen LogP contribution in [0.2, 0.25) is 0 Å². The van der Waals surface area contributed by atoms with Crippen LogP contribution in [0.4, 0.5) is 11.5 Å². The summed E-state index contributed by atoms with van der Waals surface area (Å²) in [7, 11) is -3.37. The molecule has 0 atom stereocenters. The maximum atomic E-state index is 12.5. The Bertz CT molecular complexity index is 1330. The molecular weight excluding hydrogens is 444 g/mol. The fourth-order valence-electron chi connectivity index (χ4n) is 3.71. The Morgan fingerprint density at radius 1 is 1.09 bits per heavy atom. The Labute approximate surface area is 192 Å². The van der Waals surface area contributed by atoms with E-state index in [4.69, 9.17) is 4.74 Å². The number of aryl methyl sites for hydroxylation is 2. The number of fused-ring (bicyclic) bond motifs is 1. The molecular formula is C23H24N4O5S. The van der Waals surface area contributed by atoms with E-state index in [1.165, 1.54) is 10.4 Å². The van der Waals surface area contributed by atoms with E-state index in [1.807, 2.05) is 38.1 Å². The van der Waals surface area contributed by atoms with Gasteiger partial charge in [0.2, 0.25) is 10.0 Å². The minimum Gasteiger partial charge on any atom is -0.452 e. The van der Waals surface area contributed by atoms with E-state index < -0.39 is 28.5 Å². The number of hydrogen-bond donors (Lipinski definition) is 1. The van der Waals surface area contributed by atoms with Gasteiger partial charge in [-0.2, -0.15) is 5.10 Å². The quantitative estimate of drug-likeness (QED) is 0.557. The summed E-state index contributed by atoms with van der Waals surface area (Å²) in [6.45, 7) is 3.67. The van der Waals surface area contributed by atoms with Crippen LogP contribution < -0.4 is 9.62 Å². The lowest BCUT2D eigenvalue weighted by Crippen LogP contribution is -2.27. The Morgan fingerprint density at radius 2 is 1.82 bits per heavy atom. The summed E-state index contributed by atoms with van der Waals surface area (Å²) in [4.78, 5) is 24.9. The Morgan fingerprint density at radius 3 is 2.52 bits per heavy atom. The number of carbonyl (C=O) groups excluding carboxylic acids is 2. The SMILES string of the molecule is Cc1ccc(-n2nc(C)cc2NC(=O)COC(=O)c2ccc3c(c2)CCN3S(C)(=O)=O)cc1. The van der Waals surface area contributed by atoms with Gasteiger partial charge in [0.1, 0.15) is 5.82 Å². The summed E-state index contributed by atoms with van der Waals surface area (Å²) in [6, 6.07) is 14.1. The molecule has 172 valence electrons. The summed E-state index contributed by atoms with van der Waals surface area (Å²) in [5.74, 6) is -0.689. The zero-order valence-electron chi connectivity index (χ0n) is 18.5. The van der Waals surface area contributed by atoms with Gasteiger partial charge in [0.25, 0.3) is 5.91 Å². The molecule has 2 aromatic carbocycles. The normalized spacial score (nSPS) is 13.0. The average molecular weight is 469 g/mol. The van der Waals surface area contributed by atoms with Crippen LogP contribution in [-0.2, 0) is 26.0 Å². The molecule has 0 unspecified atom stereocenters. The highest BCUT2D eigenvalue weighted by Crippen LogP contribution is 2.30. The maximum Gasteiger partial charge on any atom is 0.338 e. The van der Waals surface area contributed by atoms with Crippen molar-refractivity contribution in [2.75, 3.05) is 29.0 Å². The number of anilines is 2. The zero-order valence-corrected chi connectivity index (χ0v) is 19.3. The molecule has 1 aliphatic rings. The summed E-state index contributed by atoms with van der Waals surface area (Å²) in [5, 5.41) is 7.14. The van der Waals surface area contributed by atoms with Gasteiger partial charge in [-0.05, 0) is 56.2 Å². The fraction of sp³-hybridized carbons (Fsp3) is 0.261. The topological polar surface area (TPSA) is 111 Å². The van der Waals surface area contributed by atoms with Gasteiger partial charge in [0.05, 0.1) is 28.9 Å². The summed E-state index contributed by atoms with van der Waals surface area (Å²) in [5.41, 5.74) is 4.20. The molecule has 0 saturated heterocycles. The van der Waals surface area contributed by atoms with Gasteiger partial charge in [-0.15, -0.1) is 0 Å². The van der Waals surface area contributed by atoms with E-state index in [-0.39, 0.29) is 5.56 Å². The average Bonchev–Trinajstić information content (AvgIpc) is 3.35. The van der Waals surface area contributed by atoms with Crippen LogP contribution in [0.1, 0.15) is 27.2 Å². The maximum absolute atomic E-state index is 12.5. The monoisotopic (exact) mass is 468 g/mol. The molecule has 0 saturated carbocycles. The van der Waals surface area contributed by atoms with Crippen molar-refractivity contribution in [3.8, 4) is 5.69 Å². The van der Waals surface area contributed by atoms with Gasteiger partial charge in [-0.3, -0.25) is 9.10 Å². The van der Waals surface area contributed by atoms with Crippen LogP contribution in [-0.4, -0.2) is 49.5 Å². The molecule has 0 aliphatic carbocycles. The molecule has 1 aromatic heterocycles. The number of aromatic nitrogens is 2. The van der Waals surface area contributed by atoms with E-state index >= 15 is 0 Å². The van der Waals surface area contributed by atoms with E-state index in [2.05, 4.69) is 10.4 Å². The van der Waals surface area contributed by atoms with E-state index in [1.54, 1.807) is 22.9 Å². The second-order valence-electron chi connectivity index (χ2n) is 7.97. The second-order valence-corrected chi connectivity index (χ2v) is 9.88. The molecule has 2 heterocycles. The summed E-state index contributed by atoms with van der Waals surface area (Å²) < 4.78 is 31.8. The highest BCUT2D eigenvalue weighted by molar-refractivity contribution is 7.92. The zero-order chi connectivity index (χ0) is 23.8. The smallest absolute Gasteiger partial charge is 0.338 e. The van der Waals surface area contributed by atoms with Gasteiger partial charge in [0, 0.05) is 12.6 Å². The first-order chi connectivity index (χ1) is 15.6. The fourth-order valence-corrected chi connectivity index (χ4v) is 4.67. The minimum absolute atomic E-state index is 0.262. The molecule has 0 radical (unpaired) electrons. The number of amides is 1. The van der Waals surface area contributed by atoms with Crippen molar-refractivity contribution in [3.63, 3.8) is 0 Å². The van der Waals surface area contributed by atoms with Gasteiger partial charge < -0.3 is 10.1 Å². The third-order valence-corrected chi connectivity index (χ3v) is 6.46. The Hall–Kier alpha value is -3.66. The largest absolute Gasteiger partial charge is 0.452 e. The second kappa shape index (κ2) is 8.70. The first-order valence-corrected chi connectivity index (χ1v) is 12.2. The van der Waals surface area contributed by atoms with Gasteiger partial charge in [0.15, 0.2) is 6.61 Å². The molecule has 0 bridgehead atoms. The number of nitrogens with zero attached hydrogens (tertiary/aromatic N) is 3. The molecule has 3 aromatic rings. The Balaban J connectivity index is 1.40. The lowest BCUT2D eigenvalue weighted by Gasteiger charge is -2.16. The van der Waals surface area contributed by atoms with Gasteiger partial charge in [-0.25, -0.2) is 17.9 Å². The molecule has 1 aliphatic heterocycles. The van der Waals surface area contributed by atoms with Crippen LogP contribution in [0.15, 0.2) is 48.5 Å². The molecule has 0 fully saturated rings. The minimum atomic E-state index is -3.37. The number of benzene rings is 2. The molecule has 1 amide bonds.